The first-order chi connectivity index (χ1) is 20.1. The number of carbonyl (C=O) groups excluding carboxylic acids is 1. The fourth-order valence-corrected chi connectivity index (χ4v) is 12.7. The van der Waals surface area contributed by atoms with Crippen LogP contribution in [0, 0.1) is 51.2 Å². The lowest BCUT2D eigenvalue weighted by Crippen LogP contribution is -2.56. The first-order valence-electron chi connectivity index (χ1n) is 17.5. The van der Waals surface area contributed by atoms with Crippen LogP contribution < -0.4 is 0 Å². The van der Waals surface area contributed by atoms with Gasteiger partial charge in [-0.1, -0.05) is 20.8 Å². The number of carboxylic acid groups (broad SMARTS) is 1. The molecule has 0 aromatic heterocycles. The summed E-state index contributed by atoms with van der Waals surface area (Å²) in [6, 6.07) is 0. The standard InChI is InChI=1S/C35H53NO6/c1-32(2)27-9-8-23-25-18-26-24(7-6-22(41-26)17-30(38)39)33(25,3)12-13-34(23)20-35(27,34)11-10-28(32)42-31-19-36(14-15-40-31)29(37)16-21-4-5-21/h21-28,31H,4-20H2,1-3H3,(H,38,39)/t22?,23?,24?,25?,26?,27?,28-,31?,33?,34-,35?/m0/s1. The molecule has 8 aliphatic rings. The van der Waals surface area contributed by atoms with Gasteiger partial charge in [0.2, 0.25) is 5.91 Å². The van der Waals surface area contributed by atoms with Crippen molar-refractivity contribution in [2.75, 3.05) is 19.7 Å². The van der Waals surface area contributed by atoms with E-state index in [-0.39, 0.29) is 42.3 Å². The van der Waals surface area contributed by atoms with E-state index >= 15 is 0 Å². The number of amides is 1. The SMILES string of the molecule is CC12CC[C@@]34CC35CC[C@H](OC3CN(C(=O)CC6CC6)CCO3)C(C)(C)C5CCC4C1CC1OC(CC(=O)O)CCC12. The Hall–Kier alpha value is -1.18. The summed E-state index contributed by atoms with van der Waals surface area (Å²) in [7, 11) is 0. The molecule has 9 unspecified atom stereocenters. The lowest BCUT2D eigenvalue weighted by Gasteiger charge is -2.60. The summed E-state index contributed by atoms with van der Waals surface area (Å²) in [5.74, 6) is 2.96. The number of hydrogen-bond donors (Lipinski definition) is 1. The lowest BCUT2D eigenvalue weighted by atomic mass is 9.46. The molecule has 0 aromatic carbocycles. The van der Waals surface area contributed by atoms with Crippen molar-refractivity contribution in [2.45, 2.75) is 135 Å². The zero-order valence-electron chi connectivity index (χ0n) is 26.2. The summed E-state index contributed by atoms with van der Waals surface area (Å²) in [5.41, 5.74) is 1.39. The second-order valence-corrected chi connectivity index (χ2v) is 16.9. The first kappa shape index (κ1) is 28.3. The molecule has 0 bridgehead atoms. The van der Waals surface area contributed by atoms with Gasteiger partial charge in [-0.15, -0.1) is 0 Å². The van der Waals surface area contributed by atoms with Crippen LogP contribution in [0.5, 0.6) is 0 Å². The Labute approximate surface area is 251 Å². The molecule has 8 fully saturated rings. The summed E-state index contributed by atoms with van der Waals surface area (Å²) in [4.78, 5) is 26.2. The molecule has 2 saturated heterocycles. The van der Waals surface area contributed by atoms with Crippen LogP contribution in [0.4, 0.5) is 0 Å². The average Bonchev–Trinajstić information content (AvgIpc) is 3.85. The van der Waals surface area contributed by atoms with Crippen LogP contribution in [0.1, 0.15) is 111 Å². The van der Waals surface area contributed by atoms with E-state index in [4.69, 9.17) is 14.2 Å². The summed E-state index contributed by atoms with van der Waals surface area (Å²) >= 11 is 0. The van der Waals surface area contributed by atoms with Crippen molar-refractivity contribution >= 4 is 11.9 Å². The molecule has 7 nitrogen and oxygen atoms in total. The molecule has 6 saturated carbocycles. The third-order valence-electron chi connectivity index (χ3n) is 14.9. The molecule has 2 aliphatic heterocycles. The monoisotopic (exact) mass is 583 g/mol. The van der Waals surface area contributed by atoms with Gasteiger partial charge in [0.25, 0.3) is 0 Å². The number of carbonyl (C=O) groups is 2. The van der Waals surface area contributed by atoms with E-state index < -0.39 is 5.97 Å². The van der Waals surface area contributed by atoms with Gasteiger partial charge in [-0.05, 0) is 128 Å². The summed E-state index contributed by atoms with van der Waals surface area (Å²) in [5, 5.41) is 9.37. The summed E-state index contributed by atoms with van der Waals surface area (Å²) in [6.07, 6.45) is 15.6. The maximum atomic E-state index is 12.8. The van der Waals surface area contributed by atoms with Crippen LogP contribution in [0.25, 0.3) is 0 Å². The Morgan fingerprint density at radius 1 is 0.905 bits per heavy atom. The maximum absolute atomic E-state index is 12.8. The number of rotatable bonds is 6. The minimum Gasteiger partial charge on any atom is -0.481 e. The van der Waals surface area contributed by atoms with Gasteiger partial charge in [0.05, 0.1) is 37.9 Å². The molecule has 234 valence electrons. The highest BCUT2D eigenvalue weighted by atomic mass is 16.7. The molecule has 0 radical (unpaired) electrons. The second-order valence-electron chi connectivity index (χ2n) is 16.9. The van der Waals surface area contributed by atoms with Crippen molar-refractivity contribution in [2.24, 2.45) is 51.2 Å². The molecule has 7 heteroatoms. The molecule has 11 atom stereocenters. The molecule has 42 heavy (non-hydrogen) atoms. The van der Waals surface area contributed by atoms with Crippen LogP contribution in [-0.4, -0.2) is 66.2 Å². The predicted molar refractivity (Wildman–Crippen MR) is 156 cm³/mol. The van der Waals surface area contributed by atoms with Crippen molar-refractivity contribution < 1.29 is 28.9 Å². The van der Waals surface area contributed by atoms with Gasteiger partial charge < -0.3 is 24.2 Å². The second kappa shape index (κ2) is 9.66. The molecule has 1 amide bonds. The highest BCUT2D eigenvalue weighted by Crippen LogP contribution is 2.87. The van der Waals surface area contributed by atoms with Crippen molar-refractivity contribution in [3.05, 3.63) is 0 Å². The van der Waals surface area contributed by atoms with Crippen LogP contribution in [0.15, 0.2) is 0 Å². The Morgan fingerprint density at radius 3 is 2.50 bits per heavy atom. The Morgan fingerprint density at radius 2 is 1.71 bits per heavy atom. The van der Waals surface area contributed by atoms with Crippen molar-refractivity contribution in [1.82, 2.24) is 4.90 Å². The first-order valence-corrected chi connectivity index (χ1v) is 17.5. The van der Waals surface area contributed by atoms with Crippen LogP contribution in [-0.2, 0) is 23.8 Å². The van der Waals surface area contributed by atoms with Crippen molar-refractivity contribution in [3.8, 4) is 0 Å². The molecule has 6 aliphatic carbocycles. The van der Waals surface area contributed by atoms with Gasteiger partial charge in [0, 0.05) is 13.0 Å². The highest BCUT2D eigenvalue weighted by Gasteiger charge is 2.80. The average molecular weight is 584 g/mol. The molecular formula is C35H53NO6. The van der Waals surface area contributed by atoms with Gasteiger partial charge in [0.1, 0.15) is 0 Å². The Balaban J connectivity index is 0.955. The van der Waals surface area contributed by atoms with Crippen LogP contribution in [0.3, 0.4) is 0 Å². The highest BCUT2D eigenvalue weighted by molar-refractivity contribution is 5.76. The van der Waals surface area contributed by atoms with Crippen LogP contribution >= 0.6 is 0 Å². The summed E-state index contributed by atoms with van der Waals surface area (Å²) in [6.45, 7) is 9.38. The minimum atomic E-state index is -0.728. The van der Waals surface area contributed by atoms with E-state index in [1.807, 2.05) is 4.90 Å². The zero-order chi connectivity index (χ0) is 29.1. The van der Waals surface area contributed by atoms with Gasteiger partial charge in [0.15, 0.2) is 6.29 Å². The number of hydrogen-bond acceptors (Lipinski definition) is 5. The maximum Gasteiger partial charge on any atom is 0.305 e. The van der Waals surface area contributed by atoms with Crippen molar-refractivity contribution in [3.63, 3.8) is 0 Å². The molecular weight excluding hydrogens is 530 g/mol. The third-order valence-corrected chi connectivity index (χ3v) is 14.9. The molecule has 2 heterocycles. The normalized spacial score (nSPS) is 50.5. The third kappa shape index (κ3) is 4.14. The fraction of sp³-hybridized carbons (Fsp3) is 0.943. The largest absolute Gasteiger partial charge is 0.481 e. The molecule has 1 N–H and O–H groups in total. The van der Waals surface area contributed by atoms with E-state index in [0.717, 1.165) is 37.5 Å². The number of ether oxygens (including phenoxy) is 3. The number of fused-ring (bicyclic) bond motifs is 4. The van der Waals surface area contributed by atoms with Crippen LogP contribution in [0.2, 0.25) is 0 Å². The summed E-state index contributed by atoms with van der Waals surface area (Å²) < 4.78 is 19.5. The Bertz CT molecular complexity index is 1120. The number of nitrogens with zero attached hydrogens (tertiary/aromatic N) is 1. The van der Waals surface area contributed by atoms with Gasteiger partial charge in [-0.3, -0.25) is 9.59 Å². The topological polar surface area (TPSA) is 85.3 Å². The van der Waals surface area contributed by atoms with Gasteiger partial charge in [-0.2, -0.15) is 0 Å². The van der Waals surface area contributed by atoms with E-state index in [9.17, 15) is 14.7 Å². The molecule has 2 spiro atoms. The lowest BCUT2D eigenvalue weighted by molar-refractivity contribution is -0.244. The van der Waals surface area contributed by atoms with E-state index in [1.54, 1.807) is 0 Å². The van der Waals surface area contributed by atoms with E-state index in [1.165, 1.54) is 51.4 Å². The van der Waals surface area contributed by atoms with Gasteiger partial charge >= 0.3 is 5.97 Å². The molecule has 0 aromatic rings. The van der Waals surface area contributed by atoms with Gasteiger partial charge in [-0.25, -0.2) is 0 Å². The Kier molecular flexibility index (Phi) is 6.51. The van der Waals surface area contributed by atoms with Crippen molar-refractivity contribution in [1.29, 1.82) is 0 Å². The fourth-order valence-electron chi connectivity index (χ4n) is 12.7. The van der Waals surface area contributed by atoms with E-state index in [0.29, 0.717) is 60.1 Å². The zero-order valence-corrected chi connectivity index (χ0v) is 26.2. The smallest absolute Gasteiger partial charge is 0.305 e. The minimum absolute atomic E-state index is 0.0912. The quantitative estimate of drug-likeness (QED) is 0.411. The number of morpholine rings is 1. The predicted octanol–water partition coefficient (Wildman–Crippen LogP) is 6.04. The number of carboxylic acids is 1. The molecule has 8 rings (SSSR count). The number of aliphatic carboxylic acids is 1. The van der Waals surface area contributed by atoms with E-state index in [2.05, 4.69) is 20.8 Å².